The first-order chi connectivity index (χ1) is 14.1. The van der Waals surface area contributed by atoms with Crippen molar-refractivity contribution in [2.24, 2.45) is 0 Å². The Labute approximate surface area is 193 Å². The van der Waals surface area contributed by atoms with Gasteiger partial charge in [-0.15, -0.1) is 24.8 Å². The van der Waals surface area contributed by atoms with Crippen LogP contribution in [0, 0.1) is 6.92 Å². The van der Waals surface area contributed by atoms with Gasteiger partial charge in [0, 0.05) is 54.9 Å². The van der Waals surface area contributed by atoms with Gasteiger partial charge in [-0.05, 0) is 31.2 Å². The number of rotatable bonds is 3. The Hall–Kier alpha value is -2.51. The Kier molecular flexibility index (Phi) is 6.96. The molecule has 8 heteroatoms. The number of aromatic nitrogens is 1. The van der Waals surface area contributed by atoms with Gasteiger partial charge in [0.05, 0.1) is 11.1 Å². The number of phenolic OH excluding ortho intramolecular Hbond substituents is 1. The number of H-pyrrole nitrogens is 1. The number of phenols is 1. The number of ketones is 1. The summed E-state index contributed by atoms with van der Waals surface area (Å²) in [5, 5.41) is 14.8. The van der Waals surface area contributed by atoms with Crippen LogP contribution in [-0.4, -0.2) is 47.0 Å². The molecule has 2 aromatic carbocycles. The Balaban J connectivity index is 0.00000136. The van der Waals surface area contributed by atoms with E-state index in [0.29, 0.717) is 29.2 Å². The van der Waals surface area contributed by atoms with Crippen molar-refractivity contribution in [3.63, 3.8) is 0 Å². The summed E-state index contributed by atoms with van der Waals surface area (Å²) in [4.78, 5) is 18.6. The van der Waals surface area contributed by atoms with Crippen LogP contribution in [0.2, 0.25) is 0 Å². The van der Waals surface area contributed by atoms with Crippen LogP contribution >= 0.6 is 24.8 Å². The second kappa shape index (κ2) is 9.32. The number of hydrogen-bond donors (Lipinski definition) is 3. The third-order valence-corrected chi connectivity index (χ3v) is 5.73. The van der Waals surface area contributed by atoms with E-state index in [-0.39, 0.29) is 36.3 Å². The number of Topliss-reactive ketones (excluding diaryl/α,β-unsaturated/α-hetero) is 1. The Morgan fingerprint density at radius 1 is 1.13 bits per heavy atom. The zero-order chi connectivity index (χ0) is 20.0. The average molecular weight is 462 g/mol. The number of nitrogens with one attached hydrogen (secondary N) is 2. The zero-order valence-electron chi connectivity index (χ0n) is 17.1. The second-order valence-corrected chi connectivity index (χ2v) is 7.62. The van der Waals surface area contributed by atoms with E-state index in [4.69, 9.17) is 4.74 Å². The van der Waals surface area contributed by atoms with Crippen molar-refractivity contribution in [1.29, 1.82) is 0 Å². The molecule has 0 bridgehead atoms. The number of halogens is 2. The minimum absolute atomic E-state index is 0. The maximum absolute atomic E-state index is 13.0. The molecule has 0 aliphatic carbocycles. The van der Waals surface area contributed by atoms with E-state index in [1.54, 1.807) is 12.1 Å². The number of aromatic amines is 1. The van der Waals surface area contributed by atoms with Crippen molar-refractivity contribution in [2.75, 3.05) is 26.2 Å². The van der Waals surface area contributed by atoms with Crippen LogP contribution < -0.4 is 10.1 Å². The summed E-state index contributed by atoms with van der Waals surface area (Å²) in [5.41, 5.74) is 4.14. The van der Waals surface area contributed by atoms with Gasteiger partial charge in [-0.25, -0.2) is 0 Å². The van der Waals surface area contributed by atoms with Gasteiger partial charge in [-0.2, -0.15) is 0 Å². The van der Waals surface area contributed by atoms with Crippen LogP contribution in [0.3, 0.4) is 0 Å². The van der Waals surface area contributed by atoms with Crippen LogP contribution in [0.1, 0.15) is 27.2 Å². The van der Waals surface area contributed by atoms with Crippen LogP contribution in [0.5, 0.6) is 11.5 Å². The second-order valence-electron chi connectivity index (χ2n) is 7.62. The van der Waals surface area contributed by atoms with E-state index < -0.39 is 0 Å². The Morgan fingerprint density at radius 3 is 2.65 bits per heavy atom. The highest BCUT2D eigenvalue weighted by molar-refractivity contribution is 6.15. The van der Waals surface area contributed by atoms with Gasteiger partial charge in [-0.1, -0.05) is 18.2 Å². The van der Waals surface area contributed by atoms with Crippen LogP contribution in [0.4, 0.5) is 0 Å². The summed E-state index contributed by atoms with van der Waals surface area (Å²) < 4.78 is 6.05. The van der Waals surface area contributed by atoms with Crippen LogP contribution in [-0.2, 0) is 6.54 Å². The lowest BCUT2D eigenvalue weighted by Crippen LogP contribution is -2.42. The van der Waals surface area contributed by atoms with E-state index in [2.05, 4.69) is 15.2 Å². The van der Waals surface area contributed by atoms with Gasteiger partial charge in [0.15, 0.2) is 5.76 Å². The van der Waals surface area contributed by atoms with Crippen LogP contribution in [0.25, 0.3) is 17.0 Å². The fourth-order valence-corrected chi connectivity index (χ4v) is 4.16. The van der Waals surface area contributed by atoms with Crippen LogP contribution in [0.15, 0.2) is 42.2 Å². The molecular weight excluding hydrogens is 437 g/mol. The molecule has 3 aromatic rings. The topological polar surface area (TPSA) is 77.6 Å². The molecule has 1 aromatic heterocycles. The summed E-state index contributed by atoms with van der Waals surface area (Å²) in [6, 6.07) is 11.2. The van der Waals surface area contributed by atoms with E-state index in [1.807, 2.05) is 37.3 Å². The number of allylic oxidation sites excluding steroid dienone is 1. The predicted octanol–water partition coefficient (Wildman–Crippen LogP) is 4.05. The van der Waals surface area contributed by atoms with Gasteiger partial charge in [0.25, 0.3) is 0 Å². The first-order valence-electron chi connectivity index (χ1n) is 9.91. The number of aryl methyl sites for hydroxylation is 1. The smallest absolute Gasteiger partial charge is 0.231 e. The lowest BCUT2D eigenvalue weighted by Gasteiger charge is -2.27. The lowest BCUT2D eigenvalue weighted by atomic mass is 10.0. The number of aromatic hydroxyl groups is 1. The number of ether oxygens (including phenoxy) is 1. The molecule has 0 unspecified atom stereocenters. The fraction of sp³-hybridized carbons (Fsp3) is 0.261. The molecule has 31 heavy (non-hydrogen) atoms. The molecule has 0 radical (unpaired) electrons. The predicted molar refractivity (Wildman–Crippen MR) is 127 cm³/mol. The van der Waals surface area contributed by atoms with E-state index in [0.717, 1.165) is 48.3 Å². The maximum Gasteiger partial charge on any atom is 0.231 e. The van der Waals surface area contributed by atoms with E-state index in [9.17, 15) is 9.90 Å². The Morgan fingerprint density at radius 2 is 1.87 bits per heavy atom. The molecule has 2 aliphatic rings. The molecule has 3 N–H and O–H groups in total. The summed E-state index contributed by atoms with van der Waals surface area (Å²) in [6.45, 7) is 6.17. The van der Waals surface area contributed by atoms with Crippen molar-refractivity contribution in [3.8, 4) is 11.5 Å². The summed E-state index contributed by atoms with van der Waals surface area (Å²) in [7, 11) is 0. The number of para-hydroxylation sites is 1. The first-order valence-corrected chi connectivity index (χ1v) is 9.91. The molecule has 0 amide bonds. The highest BCUT2D eigenvalue weighted by Crippen LogP contribution is 2.40. The van der Waals surface area contributed by atoms with Gasteiger partial charge in [0.1, 0.15) is 11.5 Å². The number of fused-ring (bicyclic) bond motifs is 2. The number of nitrogens with zero attached hydrogens (tertiary/aromatic N) is 1. The third-order valence-electron chi connectivity index (χ3n) is 5.73. The quantitative estimate of drug-likeness (QED) is 0.512. The zero-order valence-corrected chi connectivity index (χ0v) is 18.7. The van der Waals surface area contributed by atoms with Crippen molar-refractivity contribution < 1.29 is 14.6 Å². The molecule has 2 aliphatic heterocycles. The van der Waals surface area contributed by atoms with Gasteiger partial charge >= 0.3 is 0 Å². The van der Waals surface area contributed by atoms with Crippen molar-refractivity contribution >= 4 is 47.6 Å². The van der Waals surface area contributed by atoms with Crippen molar-refractivity contribution in [2.45, 2.75) is 13.5 Å². The SMILES string of the molecule is Cc1[nH]c2ccccc2c1/C=C1\Oc2c(ccc(O)c2CN2CCNCC2)C1=O.Cl.Cl. The standard InChI is InChI=1S/C23H23N3O3.2ClH/c1-14-17(15-4-2-3-5-19(15)25-14)12-21-22(28)16-6-7-20(27)18(23(16)29-21)13-26-10-8-24-9-11-26;;/h2-7,12,24-25,27H,8-11,13H2,1H3;2*1H/b21-12-;;. The largest absolute Gasteiger partial charge is 0.507 e. The molecule has 3 heterocycles. The number of benzene rings is 2. The Bertz CT molecular complexity index is 1150. The first kappa shape index (κ1) is 23.2. The highest BCUT2D eigenvalue weighted by atomic mass is 35.5. The summed E-state index contributed by atoms with van der Waals surface area (Å²) in [5.74, 6) is 0.795. The molecular formula is C23H25Cl2N3O3. The molecule has 164 valence electrons. The average Bonchev–Trinajstić information content (AvgIpc) is 3.22. The highest BCUT2D eigenvalue weighted by Gasteiger charge is 2.32. The van der Waals surface area contributed by atoms with E-state index >= 15 is 0 Å². The third kappa shape index (κ3) is 4.16. The molecule has 0 saturated carbocycles. The summed E-state index contributed by atoms with van der Waals surface area (Å²) >= 11 is 0. The van der Waals surface area contributed by atoms with E-state index in [1.165, 1.54) is 0 Å². The lowest BCUT2D eigenvalue weighted by molar-refractivity contribution is 0.101. The number of carbonyl (C=O) groups is 1. The molecule has 0 spiro atoms. The number of carbonyl (C=O) groups excluding carboxylic acids is 1. The molecule has 5 rings (SSSR count). The number of hydrogen-bond acceptors (Lipinski definition) is 5. The van der Waals surface area contributed by atoms with Crippen molar-refractivity contribution in [1.82, 2.24) is 15.2 Å². The minimum Gasteiger partial charge on any atom is -0.507 e. The van der Waals surface area contributed by atoms with Gasteiger partial charge in [0.2, 0.25) is 5.78 Å². The minimum atomic E-state index is -0.147. The maximum atomic E-state index is 13.0. The fourth-order valence-electron chi connectivity index (χ4n) is 4.16. The molecule has 1 fully saturated rings. The van der Waals surface area contributed by atoms with Gasteiger partial charge in [-0.3, -0.25) is 9.69 Å². The van der Waals surface area contributed by atoms with Gasteiger partial charge < -0.3 is 20.1 Å². The summed E-state index contributed by atoms with van der Waals surface area (Å²) in [6.07, 6.45) is 1.81. The molecule has 1 saturated heterocycles. The number of piperazine rings is 1. The molecule has 0 atom stereocenters. The monoisotopic (exact) mass is 461 g/mol. The molecule has 6 nitrogen and oxygen atoms in total. The van der Waals surface area contributed by atoms with Crippen molar-refractivity contribution in [3.05, 3.63) is 64.5 Å². The normalized spacial score (nSPS) is 17.2.